The summed E-state index contributed by atoms with van der Waals surface area (Å²) in [5.74, 6) is -5.86. The van der Waals surface area contributed by atoms with Crippen LogP contribution in [0.25, 0.3) is 20.8 Å². The smallest absolute Gasteiger partial charge is 0.322 e. The van der Waals surface area contributed by atoms with Crippen molar-refractivity contribution in [3.8, 4) is 10.6 Å². The highest BCUT2D eigenvalue weighted by Gasteiger charge is 2.43. The Hall–Kier alpha value is -3.14. The number of hydrogen-bond acceptors (Lipinski definition) is 4. The molecular weight excluding hydrogens is 449 g/mol. The lowest BCUT2D eigenvalue weighted by molar-refractivity contribution is -0.115. The summed E-state index contributed by atoms with van der Waals surface area (Å²) in [6.07, 6.45) is -0.985. The minimum atomic E-state index is -4.85. The summed E-state index contributed by atoms with van der Waals surface area (Å²) in [6, 6.07) is 8.22. The fraction of sp³-hybridized carbons (Fsp3) is 0.227. The molecule has 0 saturated heterocycles. The van der Waals surface area contributed by atoms with Crippen molar-refractivity contribution in [2.24, 2.45) is 5.92 Å². The molecule has 1 unspecified atom stereocenters. The van der Waals surface area contributed by atoms with Crippen LogP contribution in [0.3, 0.4) is 0 Å². The van der Waals surface area contributed by atoms with Crippen molar-refractivity contribution in [1.82, 2.24) is 9.97 Å². The number of nitrogens with zero attached hydrogens (tertiary/aromatic N) is 2. The second-order valence-electron chi connectivity index (χ2n) is 7.38. The highest BCUT2D eigenvalue weighted by molar-refractivity contribution is 7.21. The zero-order valence-corrected chi connectivity index (χ0v) is 17.4. The Bertz CT molecular complexity index is 1210. The maximum Gasteiger partial charge on any atom is 0.416 e. The number of carbonyl (C=O) groups is 1. The molecule has 3 aromatic rings. The van der Waals surface area contributed by atoms with E-state index < -0.39 is 41.5 Å². The highest BCUT2D eigenvalue weighted by atomic mass is 32.1. The van der Waals surface area contributed by atoms with Crippen LogP contribution in [0.2, 0.25) is 0 Å². The molecule has 0 aliphatic heterocycles. The minimum absolute atomic E-state index is 0.230. The van der Waals surface area contributed by atoms with Crippen molar-refractivity contribution in [2.45, 2.75) is 25.4 Å². The van der Waals surface area contributed by atoms with Crippen molar-refractivity contribution in [3.05, 3.63) is 66.0 Å². The molecule has 10 heteroatoms. The molecule has 0 radical (unpaired) electrons. The van der Waals surface area contributed by atoms with Gasteiger partial charge in [-0.3, -0.25) is 9.78 Å². The van der Waals surface area contributed by atoms with Gasteiger partial charge in [-0.05, 0) is 31.5 Å². The maximum absolute atomic E-state index is 13.8. The molecular formula is C22H16F5N3OS. The summed E-state index contributed by atoms with van der Waals surface area (Å²) in [5, 5.41) is 3.01. The van der Waals surface area contributed by atoms with Crippen LogP contribution in [0.1, 0.15) is 13.3 Å². The molecule has 1 N–H and O–H groups in total. The lowest BCUT2D eigenvalue weighted by atomic mass is 9.85. The molecule has 1 atom stereocenters. The molecule has 1 aromatic carbocycles. The Kier molecular flexibility index (Phi) is 5.58. The van der Waals surface area contributed by atoms with E-state index in [0.717, 1.165) is 10.8 Å². The number of aromatic nitrogens is 2. The number of amides is 1. The molecule has 166 valence electrons. The van der Waals surface area contributed by atoms with Gasteiger partial charge in [-0.25, -0.2) is 13.8 Å². The van der Waals surface area contributed by atoms with Gasteiger partial charge in [0.15, 0.2) is 0 Å². The summed E-state index contributed by atoms with van der Waals surface area (Å²) in [4.78, 5) is 21.4. The first-order valence-corrected chi connectivity index (χ1v) is 10.3. The Labute approximate surface area is 183 Å². The molecule has 1 aliphatic rings. The number of alkyl halides is 5. The number of rotatable bonds is 4. The summed E-state index contributed by atoms with van der Waals surface area (Å²) in [7, 11) is 0. The topological polar surface area (TPSA) is 54.9 Å². The van der Waals surface area contributed by atoms with E-state index in [1.54, 1.807) is 36.7 Å². The first-order chi connectivity index (χ1) is 15.0. The number of nitrogens with one attached hydrogen (secondary N) is 1. The zero-order valence-electron chi connectivity index (χ0n) is 16.6. The van der Waals surface area contributed by atoms with Gasteiger partial charge in [0.05, 0.1) is 21.5 Å². The van der Waals surface area contributed by atoms with Crippen LogP contribution in [0.4, 0.5) is 27.6 Å². The molecule has 1 aliphatic carbocycles. The van der Waals surface area contributed by atoms with E-state index in [9.17, 15) is 26.7 Å². The van der Waals surface area contributed by atoms with Crippen LogP contribution in [-0.4, -0.2) is 28.0 Å². The number of benzene rings is 1. The van der Waals surface area contributed by atoms with Crippen LogP contribution in [-0.2, 0) is 4.79 Å². The number of anilines is 1. The van der Waals surface area contributed by atoms with E-state index in [1.807, 2.05) is 0 Å². The van der Waals surface area contributed by atoms with Crippen molar-refractivity contribution < 1.29 is 26.7 Å². The molecule has 4 nitrogen and oxygen atoms in total. The fourth-order valence-electron chi connectivity index (χ4n) is 3.41. The minimum Gasteiger partial charge on any atom is -0.322 e. The van der Waals surface area contributed by atoms with Crippen LogP contribution >= 0.6 is 11.3 Å². The van der Waals surface area contributed by atoms with Gasteiger partial charge >= 0.3 is 6.18 Å². The first kappa shape index (κ1) is 22.1. The van der Waals surface area contributed by atoms with E-state index in [1.165, 1.54) is 17.4 Å². The Balaban J connectivity index is 1.70. The summed E-state index contributed by atoms with van der Waals surface area (Å²) >= 11 is 1.31. The number of allylic oxidation sites excluding steroid dienone is 3. The van der Waals surface area contributed by atoms with Gasteiger partial charge in [0.2, 0.25) is 0 Å². The van der Waals surface area contributed by atoms with Crippen molar-refractivity contribution in [2.75, 3.05) is 5.32 Å². The predicted octanol–water partition coefficient (Wildman–Crippen LogP) is 6.39. The molecule has 0 fully saturated rings. The predicted molar refractivity (Wildman–Crippen MR) is 112 cm³/mol. The summed E-state index contributed by atoms with van der Waals surface area (Å²) in [6.45, 7) is 0.618. The number of thiazole rings is 1. The van der Waals surface area contributed by atoms with Gasteiger partial charge in [0, 0.05) is 29.4 Å². The second kappa shape index (κ2) is 8.09. The SMILES string of the molecule is CC(F)(F)C1C=CC(C(F)(F)F)=C(C(=O)Nc2ccccc2-c2nc3ccncc3s2)C1. The molecule has 4 rings (SSSR count). The van der Waals surface area contributed by atoms with Gasteiger partial charge in [0.1, 0.15) is 5.01 Å². The third-order valence-corrected chi connectivity index (χ3v) is 6.11. The monoisotopic (exact) mass is 465 g/mol. The molecule has 2 aromatic heterocycles. The van der Waals surface area contributed by atoms with Crippen molar-refractivity contribution in [3.63, 3.8) is 0 Å². The number of carbonyl (C=O) groups excluding carboxylic acids is 1. The van der Waals surface area contributed by atoms with Crippen LogP contribution in [0.15, 0.2) is 66.0 Å². The molecule has 0 saturated carbocycles. The zero-order chi connectivity index (χ0) is 23.1. The van der Waals surface area contributed by atoms with Crippen LogP contribution < -0.4 is 5.32 Å². The number of para-hydroxylation sites is 1. The van der Waals surface area contributed by atoms with E-state index >= 15 is 0 Å². The van der Waals surface area contributed by atoms with Gasteiger partial charge in [-0.2, -0.15) is 13.2 Å². The van der Waals surface area contributed by atoms with Crippen LogP contribution in [0.5, 0.6) is 0 Å². The number of halogens is 5. The molecule has 0 bridgehead atoms. The van der Waals surface area contributed by atoms with Gasteiger partial charge in [0.25, 0.3) is 11.8 Å². The largest absolute Gasteiger partial charge is 0.416 e. The second-order valence-corrected chi connectivity index (χ2v) is 8.41. The third kappa shape index (κ3) is 4.40. The standard InChI is InChI=1S/C22H16F5N3OS/c1-21(23,24)12-6-7-15(22(25,26)27)14(10-12)19(31)29-16-5-3-2-4-13(16)20-30-17-8-9-28-11-18(17)32-20/h2-9,11-12H,10H2,1H3,(H,29,31). The third-order valence-electron chi connectivity index (χ3n) is 5.07. The van der Waals surface area contributed by atoms with E-state index in [0.29, 0.717) is 29.1 Å². The van der Waals surface area contributed by atoms with Crippen molar-refractivity contribution >= 4 is 33.1 Å². The number of fused-ring (bicyclic) bond motifs is 1. The number of hydrogen-bond donors (Lipinski definition) is 1. The van der Waals surface area contributed by atoms with E-state index in [2.05, 4.69) is 15.3 Å². The molecule has 32 heavy (non-hydrogen) atoms. The molecule has 0 spiro atoms. The van der Waals surface area contributed by atoms with Gasteiger partial charge in [-0.1, -0.05) is 24.3 Å². The van der Waals surface area contributed by atoms with Gasteiger partial charge < -0.3 is 5.32 Å². The average Bonchev–Trinajstić information content (AvgIpc) is 3.16. The van der Waals surface area contributed by atoms with Crippen LogP contribution in [0, 0.1) is 5.92 Å². The van der Waals surface area contributed by atoms with Crippen molar-refractivity contribution in [1.29, 1.82) is 0 Å². The Morgan fingerprint density at radius 1 is 1.16 bits per heavy atom. The fourth-order valence-corrected chi connectivity index (χ4v) is 4.38. The lowest BCUT2D eigenvalue weighted by Gasteiger charge is -2.27. The molecule has 1 amide bonds. The molecule has 2 heterocycles. The Morgan fingerprint density at radius 3 is 2.59 bits per heavy atom. The van der Waals surface area contributed by atoms with Gasteiger partial charge in [-0.15, -0.1) is 11.3 Å². The normalized spacial score (nSPS) is 17.1. The summed E-state index contributed by atoms with van der Waals surface area (Å²) < 4.78 is 68.8. The average molecular weight is 465 g/mol. The quantitative estimate of drug-likeness (QED) is 0.455. The first-order valence-electron chi connectivity index (χ1n) is 9.51. The Morgan fingerprint density at radius 2 is 1.91 bits per heavy atom. The maximum atomic E-state index is 13.8. The summed E-state index contributed by atoms with van der Waals surface area (Å²) in [5.41, 5.74) is -0.532. The van der Waals surface area contributed by atoms with E-state index in [4.69, 9.17) is 0 Å². The highest BCUT2D eigenvalue weighted by Crippen LogP contribution is 2.41. The number of pyridine rings is 1. The van der Waals surface area contributed by atoms with E-state index in [-0.39, 0.29) is 5.69 Å². The lowest BCUT2D eigenvalue weighted by Crippen LogP contribution is -2.31.